The molecule has 2 heterocycles. The van der Waals surface area contributed by atoms with Crippen LogP contribution in [0.1, 0.15) is 0 Å². The van der Waals surface area contributed by atoms with E-state index in [2.05, 4.69) is 19.8 Å². The number of aromatic nitrogens is 2. The average Bonchev–Trinajstić information content (AvgIpc) is 2.61. The van der Waals surface area contributed by atoms with E-state index in [0.29, 0.717) is 16.7 Å². The van der Waals surface area contributed by atoms with Crippen molar-refractivity contribution in [2.75, 3.05) is 49.3 Å². The zero-order valence-corrected chi connectivity index (χ0v) is 14.5. The lowest BCUT2D eigenvalue weighted by molar-refractivity contribution is 0.396. The number of sulfone groups is 1. The third kappa shape index (κ3) is 3.59. The topological polar surface area (TPSA) is 75.6 Å². The fourth-order valence-electron chi connectivity index (χ4n) is 2.67. The first-order valence-electron chi connectivity index (χ1n) is 7.64. The maximum absolute atomic E-state index is 11.5. The van der Waals surface area contributed by atoms with Crippen LogP contribution in [-0.4, -0.2) is 57.9 Å². The van der Waals surface area contributed by atoms with Gasteiger partial charge in [0.25, 0.3) is 0 Å². The Morgan fingerprint density at radius 2 is 1.62 bits per heavy atom. The Bertz CT molecular complexity index is 800. The number of ether oxygens (including phenoxy) is 1. The highest BCUT2D eigenvalue weighted by molar-refractivity contribution is 7.90. The molecular formula is C16H20N4O3S. The van der Waals surface area contributed by atoms with Crippen LogP contribution in [0.15, 0.2) is 41.4 Å². The molecule has 0 aliphatic carbocycles. The highest BCUT2D eigenvalue weighted by Crippen LogP contribution is 2.21. The molecule has 1 saturated heterocycles. The number of methoxy groups -OCH3 is 1. The summed E-state index contributed by atoms with van der Waals surface area (Å²) in [5, 5.41) is 0. The molecular weight excluding hydrogens is 328 g/mol. The second kappa shape index (κ2) is 6.64. The monoisotopic (exact) mass is 348 g/mol. The molecule has 1 aliphatic heterocycles. The van der Waals surface area contributed by atoms with E-state index in [1.165, 1.54) is 6.26 Å². The van der Waals surface area contributed by atoms with Crippen molar-refractivity contribution in [2.24, 2.45) is 0 Å². The SMILES string of the molecule is COc1ccnc(N2CCN(c3ccc(S(C)(=O)=O)cc3)CC2)n1. The fraction of sp³-hybridized carbons (Fsp3) is 0.375. The lowest BCUT2D eigenvalue weighted by Gasteiger charge is -2.36. The van der Waals surface area contributed by atoms with Crippen LogP contribution in [0.3, 0.4) is 0 Å². The molecule has 1 aromatic carbocycles. The van der Waals surface area contributed by atoms with Gasteiger partial charge < -0.3 is 14.5 Å². The maximum Gasteiger partial charge on any atom is 0.228 e. The summed E-state index contributed by atoms with van der Waals surface area (Å²) in [7, 11) is -1.57. The zero-order valence-electron chi connectivity index (χ0n) is 13.7. The van der Waals surface area contributed by atoms with Gasteiger partial charge in [-0.25, -0.2) is 13.4 Å². The molecule has 1 fully saturated rings. The van der Waals surface area contributed by atoms with Crippen molar-refractivity contribution in [1.29, 1.82) is 0 Å². The van der Waals surface area contributed by atoms with Crippen LogP contribution < -0.4 is 14.5 Å². The second-order valence-corrected chi connectivity index (χ2v) is 7.65. The van der Waals surface area contributed by atoms with Crippen LogP contribution >= 0.6 is 0 Å². The maximum atomic E-state index is 11.5. The van der Waals surface area contributed by atoms with Gasteiger partial charge in [-0.2, -0.15) is 4.98 Å². The first-order valence-corrected chi connectivity index (χ1v) is 9.53. The summed E-state index contributed by atoms with van der Waals surface area (Å²) in [6.45, 7) is 3.22. The Morgan fingerprint density at radius 3 is 2.21 bits per heavy atom. The Balaban J connectivity index is 1.66. The Kier molecular flexibility index (Phi) is 4.57. The summed E-state index contributed by atoms with van der Waals surface area (Å²) >= 11 is 0. The van der Waals surface area contributed by atoms with E-state index in [4.69, 9.17) is 4.74 Å². The van der Waals surface area contributed by atoms with E-state index in [0.717, 1.165) is 31.9 Å². The number of rotatable bonds is 4. The predicted molar refractivity (Wildman–Crippen MR) is 92.6 cm³/mol. The van der Waals surface area contributed by atoms with Gasteiger partial charge in [-0.1, -0.05) is 0 Å². The molecule has 128 valence electrons. The second-order valence-electron chi connectivity index (χ2n) is 5.64. The van der Waals surface area contributed by atoms with Gasteiger partial charge in [0, 0.05) is 50.4 Å². The van der Waals surface area contributed by atoms with Crippen molar-refractivity contribution in [3.63, 3.8) is 0 Å². The molecule has 1 aromatic heterocycles. The van der Waals surface area contributed by atoms with Gasteiger partial charge in [0.15, 0.2) is 9.84 Å². The molecule has 0 radical (unpaired) electrons. The molecule has 0 amide bonds. The van der Waals surface area contributed by atoms with Crippen molar-refractivity contribution < 1.29 is 13.2 Å². The molecule has 7 nitrogen and oxygen atoms in total. The van der Waals surface area contributed by atoms with Gasteiger partial charge in [-0.15, -0.1) is 0 Å². The van der Waals surface area contributed by atoms with Crippen molar-refractivity contribution in [3.05, 3.63) is 36.5 Å². The van der Waals surface area contributed by atoms with Crippen LogP contribution in [0.5, 0.6) is 5.88 Å². The van der Waals surface area contributed by atoms with Crippen molar-refractivity contribution >= 4 is 21.5 Å². The van der Waals surface area contributed by atoms with Gasteiger partial charge in [0.1, 0.15) is 0 Å². The smallest absolute Gasteiger partial charge is 0.228 e. The van der Waals surface area contributed by atoms with Crippen LogP contribution in [0.2, 0.25) is 0 Å². The van der Waals surface area contributed by atoms with Crippen LogP contribution in [0.25, 0.3) is 0 Å². The molecule has 0 bridgehead atoms. The van der Waals surface area contributed by atoms with E-state index in [1.807, 2.05) is 12.1 Å². The summed E-state index contributed by atoms with van der Waals surface area (Å²) in [6, 6.07) is 8.75. The largest absolute Gasteiger partial charge is 0.481 e. The van der Waals surface area contributed by atoms with Crippen LogP contribution in [-0.2, 0) is 9.84 Å². The van der Waals surface area contributed by atoms with Gasteiger partial charge in [0.05, 0.1) is 12.0 Å². The normalized spacial score (nSPS) is 15.4. The molecule has 24 heavy (non-hydrogen) atoms. The number of hydrogen-bond acceptors (Lipinski definition) is 7. The zero-order chi connectivity index (χ0) is 17.2. The predicted octanol–water partition coefficient (Wildman–Crippen LogP) is 1.22. The third-order valence-electron chi connectivity index (χ3n) is 4.02. The highest BCUT2D eigenvalue weighted by Gasteiger charge is 2.20. The molecule has 1 aliphatic rings. The Labute approximate surface area is 141 Å². The molecule has 2 aromatic rings. The molecule has 0 N–H and O–H groups in total. The van der Waals surface area contributed by atoms with Crippen molar-refractivity contribution in [3.8, 4) is 5.88 Å². The lowest BCUT2D eigenvalue weighted by atomic mass is 10.2. The molecule has 8 heteroatoms. The number of nitrogens with zero attached hydrogens (tertiary/aromatic N) is 4. The van der Waals surface area contributed by atoms with Crippen molar-refractivity contribution in [2.45, 2.75) is 4.90 Å². The quantitative estimate of drug-likeness (QED) is 0.822. The number of hydrogen-bond donors (Lipinski definition) is 0. The standard InChI is InChI=1S/C16H20N4O3S/c1-23-15-7-8-17-16(18-15)20-11-9-19(10-12-20)13-3-5-14(6-4-13)24(2,21)22/h3-8H,9-12H2,1-2H3. The molecule has 0 atom stereocenters. The molecule has 0 spiro atoms. The van der Waals surface area contributed by atoms with Gasteiger partial charge in [0.2, 0.25) is 11.8 Å². The van der Waals surface area contributed by atoms with Crippen LogP contribution in [0, 0.1) is 0 Å². The summed E-state index contributed by atoms with van der Waals surface area (Å²) in [5.41, 5.74) is 1.02. The van der Waals surface area contributed by atoms with E-state index in [1.54, 1.807) is 31.5 Å². The average molecular weight is 348 g/mol. The Hall–Kier alpha value is -2.35. The number of piperazine rings is 1. The summed E-state index contributed by atoms with van der Waals surface area (Å²) < 4.78 is 28.2. The van der Waals surface area contributed by atoms with Gasteiger partial charge in [-0.05, 0) is 24.3 Å². The molecule has 0 saturated carbocycles. The minimum Gasteiger partial charge on any atom is -0.481 e. The van der Waals surface area contributed by atoms with Crippen LogP contribution in [0.4, 0.5) is 11.6 Å². The van der Waals surface area contributed by atoms with Gasteiger partial charge in [-0.3, -0.25) is 0 Å². The molecule has 0 unspecified atom stereocenters. The van der Waals surface area contributed by atoms with E-state index >= 15 is 0 Å². The van der Waals surface area contributed by atoms with Crippen molar-refractivity contribution in [1.82, 2.24) is 9.97 Å². The van der Waals surface area contributed by atoms with Gasteiger partial charge >= 0.3 is 0 Å². The minimum absolute atomic E-state index is 0.342. The summed E-state index contributed by atoms with van der Waals surface area (Å²) in [6.07, 6.45) is 2.91. The van der Waals surface area contributed by atoms with E-state index < -0.39 is 9.84 Å². The fourth-order valence-corrected chi connectivity index (χ4v) is 3.30. The highest BCUT2D eigenvalue weighted by atomic mass is 32.2. The lowest BCUT2D eigenvalue weighted by Crippen LogP contribution is -2.47. The third-order valence-corrected chi connectivity index (χ3v) is 5.15. The number of benzene rings is 1. The summed E-state index contributed by atoms with van der Waals surface area (Å²) in [4.78, 5) is 13.3. The Morgan fingerprint density at radius 1 is 1.00 bits per heavy atom. The first-order chi connectivity index (χ1) is 11.5. The summed E-state index contributed by atoms with van der Waals surface area (Å²) in [5.74, 6) is 1.22. The van der Waals surface area contributed by atoms with E-state index in [9.17, 15) is 8.42 Å². The first kappa shape index (κ1) is 16.5. The van der Waals surface area contributed by atoms with E-state index in [-0.39, 0.29) is 0 Å². The number of anilines is 2. The molecule has 3 rings (SSSR count). The minimum atomic E-state index is -3.16.